The zero-order chi connectivity index (χ0) is 16.5. The molecule has 2 aromatic carbocycles. The second-order valence-corrected chi connectivity index (χ2v) is 7.88. The third kappa shape index (κ3) is 2.97. The van der Waals surface area contributed by atoms with Crippen molar-refractivity contribution >= 4 is 29.4 Å². The van der Waals surface area contributed by atoms with Crippen LogP contribution in [0.2, 0.25) is 0 Å². The molecule has 23 heavy (non-hydrogen) atoms. The van der Waals surface area contributed by atoms with Crippen LogP contribution in [0, 0.1) is 0 Å². The Kier molecular flexibility index (Phi) is 4.38. The normalized spacial score (nSPS) is 27.4. The number of halogens is 2. The second-order valence-electron chi connectivity index (χ2n) is 5.32. The summed E-state index contributed by atoms with van der Waals surface area (Å²) in [7, 11) is 1.43. The first-order valence-corrected chi connectivity index (χ1v) is 8.69. The number of carbonyl (C=O) groups excluding carboxylic acids is 1. The van der Waals surface area contributed by atoms with Crippen molar-refractivity contribution < 1.29 is 13.6 Å². The van der Waals surface area contributed by atoms with Gasteiger partial charge >= 0.3 is 0 Å². The van der Waals surface area contributed by atoms with Crippen LogP contribution in [0.4, 0.5) is 8.78 Å². The minimum Gasteiger partial charge on any atom is -0.338 e. The summed E-state index contributed by atoms with van der Waals surface area (Å²) in [5.74, 6) is -0.836. The smallest absolute Gasteiger partial charge is 0.283 e. The average Bonchev–Trinajstić information content (AvgIpc) is 2.70. The molecule has 0 aromatic heterocycles. The van der Waals surface area contributed by atoms with Gasteiger partial charge < -0.3 is 4.90 Å². The summed E-state index contributed by atoms with van der Waals surface area (Å²) in [5.41, 5.74) is 0. The number of hydrogen-bond acceptors (Lipinski definition) is 3. The number of thioether (sulfide) groups is 2. The quantitative estimate of drug-likeness (QED) is 0.816. The Labute approximate surface area is 142 Å². The molecule has 1 aliphatic rings. The number of hydrogen-bond donors (Lipinski definition) is 0. The molecule has 6 heteroatoms. The summed E-state index contributed by atoms with van der Waals surface area (Å²) in [6.45, 7) is -0.290. The van der Waals surface area contributed by atoms with Gasteiger partial charge in [-0.25, -0.2) is 8.78 Å². The molecular weight excluding hydrogens is 336 g/mol. The Morgan fingerprint density at radius 3 is 1.91 bits per heavy atom. The van der Waals surface area contributed by atoms with Crippen LogP contribution < -0.4 is 0 Å². The van der Waals surface area contributed by atoms with E-state index in [0.717, 1.165) is 16.7 Å². The summed E-state index contributed by atoms with van der Waals surface area (Å²) in [4.78, 5) is 14.5. The number of amides is 1. The van der Waals surface area contributed by atoms with E-state index in [1.165, 1.54) is 7.05 Å². The SMILES string of the molecule is CN1CC(F)(Sc2ccccc2)[C@](F)(Sc2ccccc2)C1=O. The van der Waals surface area contributed by atoms with E-state index in [1.807, 2.05) is 6.07 Å². The zero-order valence-electron chi connectivity index (χ0n) is 12.4. The number of carbonyl (C=O) groups is 1. The van der Waals surface area contributed by atoms with E-state index in [2.05, 4.69) is 0 Å². The molecule has 1 fully saturated rings. The summed E-state index contributed by atoms with van der Waals surface area (Å²) in [5, 5.41) is -5.02. The molecule has 2 nitrogen and oxygen atoms in total. The second kappa shape index (κ2) is 6.17. The molecule has 1 aliphatic heterocycles. The average molecular weight is 351 g/mol. The van der Waals surface area contributed by atoms with Crippen LogP contribution in [-0.2, 0) is 4.79 Å². The minimum atomic E-state index is -2.66. The maximum atomic E-state index is 15.6. The summed E-state index contributed by atoms with van der Waals surface area (Å²) in [6, 6.07) is 17.4. The molecule has 3 rings (SSSR count). The summed E-state index contributed by atoms with van der Waals surface area (Å²) in [6.07, 6.45) is 0. The van der Waals surface area contributed by atoms with Gasteiger partial charge in [-0.3, -0.25) is 4.79 Å². The van der Waals surface area contributed by atoms with E-state index in [1.54, 1.807) is 54.6 Å². The standard InChI is InChI=1S/C17H15F2NOS2/c1-20-12-16(18,22-13-8-4-2-5-9-13)17(19,15(20)21)23-14-10-6-3-7-11-14/h2-11H,12H2,1H3/t16?,17-/m1/s1. The molecule has 2 atom stereocenters. The molecular formula is C17H15F2NOS2. The van der Waals surface area contributed by atoms with E-state index in [0.29, 0.717) is 21.6 Å². The monoisotopic (exact) mass is 351 g/mol. The highest BCUT2D eigenvalue weighted by Crippen LogP contribution is 2.56. The number of benzene rings is 2. The first-order valence-electron chi connectivity index (χ1n) is 7.06. The molecule has 0 radical (unpaired) electrons. The predicted octanol–water partition coefficient (Wildman–Crippen LogP) is 4.37. The highest BCUT2D eigenvalue weighted by molar-refractivity contribution is 8.05. The van der Waals surface area contributed by atoms with Crippen LogP contribution in [0.25, 0.3) is 0 Å². The van der Waals surface area contributed by atoms with Gasteiger partial charge in [0.15, 0.2) is 0 Å². The molecule has 0 bridgehead atoms. The zero-order valence-corrected chi connectivity index (χ0v) is 14.0. The third-order valence-corrected chi connectivity index (χ3v) is 6.23. The van der Waals surface area contributed by atoms with Crippen LogP contribution in [0.3, 0.4) is 0 Å². The Balaban J connectivity index is 1.95. The lowest BCUT2D eigenvalue weighted by atomic mass is 10.3. The van der Waals surface area contributed by atoms with Crippen LogP contribution in [0.5, 0.6) is 0 Å². The molecule has 1 heterocycles. The van der Waals surface area contributed by atoms with Crippen molar-refractivity contribution in [2.45, 2.75) is 19.8 Å². The molecule has 0 saturated carbocycles. The van der Waals surface area contributed by atoms with Crippen molar-refractivity contribution in [3.05, 3.63) is 60.7 Å². The molecule has 1 saturated heterocycles. The van der Waals surface area contributed by atoms with Crippen LogP contribution in [-0.4, -0.2) is 34.4 Å². The number of alkyl halides is 2. The molecule has 0 N–H and O–H groups in total. The molecule has 0 aliphatic carbocycles. The molecule has 2 aromatic rings. The molecule has 0 spiro atoms. The van der Waals surface area contributed by atoms with E-state index in [-0.39, 0.29) is 6.54 Å². The number of rotatable bonds is 4. The van der Waals surface area contributed by atoms with Crippen LogP contribution >= 0.6 is 23.5 Å². The predicted molar refractivity (Wildman–Crippen MR) is 89.9 cm³/mol. The molecule has 1 amide bonds. The third-order valence-electron chi connectivity index (χ3n) is 3.57. The van der Waals surface area contributed by atoms with Crippen LogP contribution in [0.15, 0.2) is 70.5 Å². The van der Waals surface area contributed by atoms with E-state index in [4.69, 9.17) is 0 Å². The Hall–Kier alpha value is -1.53. The minimum absolute atomic E-state index is 0.290. The van der Waals surface area contributed by atoms with Gasteiger partial charge in [-0.05, 0) is 24.3 Å². The van der Waals surface area contributed by atoms with E-state index < -0.39 is 15.9 Å². The summed E-state index contributed by atoms with van der Waals surface area (Å²) >= 11 is 1.40. The van der Waals surface area contributed by atoms with Gasteiger partial charge in [0.25, 0.3) is 10.9 Å². The molecule has 1 unspecified atom stereocenters. The largest absolute Gasteiger partial charge is 0.338 e. The van der Waals surface area contributed by atoms with Gasteiger partial charge in [0.1, 0.15) is 0 Å². The highest BCUT2D eigenvalue weighted by Gasteiger charge is 2.67. The fourth-order valence-electron chi connectivity index (χ4n) is 2.43. The van der Waals surface area contributed by atoms with Gasteiger partial charge in [-0.2, -0.15) is 0 Å². The topological polar surface area (TPSA) is 20.3 Å². The number of likely N-dealkylation sites (tertiary alicyclic amines) is 1. The maximum Gasteiger partial charge on any atom is 0.283 e. The Bertz CT molecular complexity index is 700. The summed E-state index contributed by atoms with van der Waals surface area (Å²) < 4.78 is 31.1. The van der Waals surface area contributed by atoms with Crippen molar-refractivity contribution in [3.63, 3.8) is 0 Å². The van der Waals surface area contributed by atoms with Gasteiger partial charge in [0, 0.05) is 16.8 Å². The molecule has 120 valence electrons. The lowest BCUT2D eigenvalue weighted by Crippen LogP contribution is -2.43. The first-order chi connectivity index (χ1) is 10.9. The van der Waals surface area contributed by atoms with Gasteiger partial charge in [0.2, 0.25) is 5.00 Å². The van der Waals surface area contributed by atoms with E-state index in [9.17, 15) is 4.79 Å². The Morgan fingerprint density at radius 2 is 1.39 bits per heavy atom. The fraction of sp³-hybridized carbons (Fsp3) is 0.235. The van der Waals surface area contributed by atoms with Gasteiger partial charge in [-0.1, -0.05) is 59.9 Å². The van der Waals surface area contributed by atoms with Crippen molar-refractivity contribution in [2.24, 2.45) is 0 Å². The fourth-order valence-corrected chi connectivity index (χ4v) is 4.90. The lowest BCUT2D eigenvalue weighted by Gasteiger charge is -2.29. The van der Waals surface area contributed by atoms with Crippen molar-refractivity contribution in [2.75, 3.05) is 13.6 Å². The highest BCUT2D eigenvalue weighted by atomic mass is 32.2. The van der Waals surface area contributed by atoms with Gasteiger partial charge in [0.05, 0.1) is 6.54 Å². The maximum absolute atomic E-state index is 15.6. The van der Waals surface area contributed by atoms with Crippen molar-refractivity contribution in [1.29, 1.82) is 0 Å². The van der Waals surface area contributed by atoms with E-state index >= 15 is 8.78 Å². The number of nitrogens with zero attached hydrogens (tertiary/aromatic N) is 1. The first kappa shape index (κ1) is 16.3. The van der Waals surface area contributed by atoms with Crippen molar-refractivity contribution in [3.8, 4) is 0 Å². The Morgan fingerprint density at radius 1 is 0.913 bits per heavy atom. The van der Waals surface area contributed by atoms with Crippen LogP contribution in [0.1, 0.15) is 0 Å². The van der Waals surface area contributed by atoms with Gasteiger partial charge in [-0.15, -0.1) is 0 Å². The van der Waals surface area contributed by atoms with Crippen molar-refractivity contribution in [1.82, 2.24) is 4.90 Å². The lowest BCUT2D eigenvalue weighted by molar-refractivity contribution is -0.132.